The number of nitrogens with zero attached hydrogens (tertiary/aromatic N) is 2. The molecule has 0 N–H and O–H groups in total. The summed E-state index contributed by atoms with van der Waals surface area (Å²) in [6, 6.07) is -0.241. The molecule has 180 valence electrons. The molecule has 2 fully saturated rings. The summed E-state index contributed by atoms with van der Waals surface area (Å²) in [7, 11) is 0. The fraction of sp³-hybridized carbons (Fsp3) is 0.864. The van der Waals surface area contributed by atoms with E-state index in [2.05, 4.69) is 0 Å². The van der Waals surface area contributed by atoms with E-state index in [1.807, 2.05) is 27.7 Å². The zero-order valence-electron chi connectivity index (χ0n) is 19.7. The molecular weight excluding hydrogens is 420 g/mol. The zero-order chi connectivity index (χ0) is 22.4. The fourth-order valence-electron chi connectivity index (χ4n) is 4.20. The number of amides is 2. The van der Waals surface area contributed by atoms with Crippen molar-refractivity contribution < 1.29 is 28.6 Å². The van der Waals surface area contributed by atoms with Gasteiger partial charge in [0.05, 0.1) is 18.1 Å². The van der Waals surface area contributed by atoms with Crippen molar-refractivity contribution in [3.05, 3.63) is 0 Å². The van der Waals surface area contributed by atoms with Crippen LogP contribution in [0.3, 0.4) is 0 Å². The van der Waals surface area contributed by atoms with Crippen LogP contribution in [-0.4, -0.2) is 78.9 Å². The molecule has 31 heavy (non-hydrogen) atoms. The summed E-state index contributed by atoms with van der Waals surface area (Å²) in [5.74, 6) is -0.448. The van der Waals surface area contributed by atoms with E-state index >= 15 is 0 Å². The van der Waals surface area contributed by atoms with Gasteiger partial charge in [-0.05, 0) is 59.8 Å². The summed E-state index contributed by atoms with van der Waals surface area (Å²) in [6.45, 7) is 11.5. The zero-order valence-corrected chi connectivity index (χ0v) is 20.7. The molecule has 9 heteroatoms. The molecule has 0 saturated carbocycles. The highest BCUT2D eigenvalue weighted by Crippen LogP contribution is 2.37. The van der Waals surface area contributed by atoms with Gasteiger partial charge in [0.2, 0.25) is 5.91 Å². The Bertz CT molecular complexity index is 616. The van der Waals surface area contributed by atoms with Crippen molar-refractivity contribution in [2.24, 2.45) is 5.41 Å². The van der Waals surface area contributed by atoms with Gasteiger partial charge in [-0.15, -0.1) is 0 Å². The van der Waals surface area contributed by atoms with E-state index in [-0.39, 0.29) is 44.7 Å². The van der Waals surface area contributed by atoms with E-state index in [1.54, 1.807) is 16.7 Å². The summed E-state index contributed by atoms with van der Waals surface area (Å²) in [6.07, 6.45) is 3.08. The van der Waals surface area contributed by atoms with Crippen molar-refractivity contribution >= 4 is 31.5 Å². The van der Waals surface area contributed by atoms with Crippen molar-refractivity contribution in [3.8, 4) is 0 Å². The minimum atomic E-state index is -0.584. The molecule has 2 heterocycles. The maximum atomic E-state index is 13.7. The molecule has 0 aromatic rings. The number of carbonyl (C=O) groups is 3. The lowest BCUT2D eigenvalue weighted by Gasteiger charge is -2.44. The molecule has 8 nitrogen and oxygen atoms in total. The molecule has 0 radical (unpaired) electrons. The van der Waals surface area contributed by atoms with Gasteiger partial charge in [-0.3, -0.25) is 9.59 Å². The van der Waals surface area contributed by atoms with Crippen molar-refractivity contribution in [1.29, 1.82) is 0 Å². The van der Waals surface area contributed by atoms with Gasteiger partial charge < -0.3 is 24.0 Å². The van der Waals surface area contributed by atoms with Crippen LogP contribution in [0.15, 0.2) is 0 Å². The highest BCUT2D eigenvalue weighted by atomic mass is 32.1. The summed E-state index contributed by atoms with van der Waals surface area (Å²) in [4.78, 5) is 41.9. The number of esters is 1. The highest BCUT2D eigenvalue weighted by Gasteiger charge is 2.44. The number of piperidine rings is 1. The molecule has 0 aromatic heterocycles. The van der Waals surface area contributed by atoms with Crippen LogP contribution in [0.25, 0.3) is 0 Å². The Balaban J connectivity index is 0.00000480. The maximum absolute atomic E-state index is 13.7. The third-order valence-corrected chi connectivity index (χ3v) is 5.93. The first-order chi connectivity index (χ1) is 14.1. The lowest BCUT2D eigenvalue weighted by atomic mass is 9.76. The molecule has 0 spiro atoms. The first-order valence-electron chi connectivity index (χ1n) is 11.1. The van der Waals surface area contributed by atoms with Crippen LogP contribution >= 0.6 is 13.5 Å². The van der Waals surface area contributed by atoms with Gasteiger partial charge in [0.1, 0.15) is 12.1 Å². The molecule has 0 aromatic carbocycles. The number of hydrogen-bond donors (Lipinski definition) is 0. The van der Waals surface area contributed by atoms with Crippen LogP contribution in [-0.2, 0) is 23.8 Å². The summed E-state index contributed by atoms with van der Waals surface area (Å²) >= 11 is 0. The quantitative estimate of drug-likeness (QED) is 0.566. The van der Waals surface area contributed by atoms with Crippen molar-refractivity contribution in [2.75, 3.05) is 39.5 Å². The van der Waals surface area contributed by atoms with Gasteiger partial charge in [0.25, 0.3) is 0 Å². The van der Waals surface area contributed by atoms with Gasteiger partial charge in [-0.1, -0.05) is 6.92 Å². The largest absolute Gasteiger partial charge is 0.465 e. The molecule has 0 unspecified atom stereocenters. The van der Waals surface area contributed by atoms with Crippen LogP contribution in [0.1, 0.15) is 66.7 Å². The van der Waals surface area contributed by atoms with Crippen molar-refractivity contribution in [1.82, 2.24) is 9.80 Å². The van der Waals surface area contributed by atoms with Gasteiger partial charge >= 0.3 is 12.1 Å². The third-order valence-electron chi connectivity index (χ3n) is 5.93. The van der Waals surface area contributed by atoms with Crippen LogP contribution in [0.2, 0.25) is 0 Å². The Morgan fingerprint density at radius 2 is 1.81 bits per heavy atom. The van der Waals surface area contributed by atoms with E-state index in [9.17, 15) is 14.4 Å². The SMILES string of the molecule is CCOC(=O)CN(C(=O)C1(CC)CCOCC1)[C@H]1CCCN(C(=O)OC(C)(C)C)C1.S. The minimum absolute atomic E-state index is 0. The van der Waals surface area contributed by atoms with Crippen LogP contribution in [0.4, 0.5) is 4.79 Å². The Kier molecular flexibility index (Phi) is 10.6. The molecule has 0 aliphatic carbocycles. The van der Waals surface area contributed by atoms with E-state index in [4.69, 9.17) is 14.2 Å². The molecule has 2 aliphatic heterocycles. The average Bonchev–Trinajstić information content (AvgIpc) is 2.71. The Morgan fingerprint density at radius 3 is 2.35 bits per heavy atom. The minimum Gasteiger partial charge on any atom is -0.465 e. The lowest BCUT2D eigenvalue weighted by molar-refractivity contribution is -0.159. The number of ether oxygens (including phenoxy) is 3. The van der Waals surface area contributed by atoms with Gasteiger partial charge in [-0.25, -0.2) is 4.79 Å². The second kappa shape index (κ2) is 11.9. The standard InChI is InChI=1S/C22H38N2O6.H2S/c1-6-22(10-13-28-14-11-22)19(26)24(16-18(25)29-7-2)17-9-8-12-23(15-17)20(27)30-21(3,4)5;/h17H,6-16H2,1-5H3;1H2/t17-;/m0./s1. The van der Waals surface area contributed by atoms with Gasteiger partial charge in [-0.2, -0.15) is 13.5 Å². The first kappa shape index (κ1) is 27.6. The second-order valence-corrected chi connectivity index (χ2v) is 9.21. The van der Waals surface area contributed by atoms with Crippen LogP contribution in [0, 0.1) is 5.41 Å². The Labute approximate surface area is 193 Å². The normalized spacial score (nSPS) is 20.9. The van der Waals surface area contributed by atoms with E-state index in [0.29, 0.717) is 45.6 Å². The van der Waals surface area contributed by atoms with Crippen LogP contribution in [0.5, 0.6) is 0 Å². The van der Waals surface area contributed by atoms with E-state index in [1.165, 1.54) is 0 Å². The van der Waals surface area contributed by atoms with Crippen molar-refractivity contribution in [2.45, 2.75) is 78.4 Å². The van der Waals surface area contributed by atoms with E-state index in [0.717, 1.165) is 12.8 Å². The number of hydrogen-bond acceptors (Lipinski definition) is 6. The molecule has 1 atom stereocenters. The van der Waals surface area contributed by atoms with Crippen molar-refractivity contribution in [3.63, 3.8) is 0 Å². The number of likely N-dealkylation sites (tertiary alicyclic amines) is 1. The highest BCUT2D eigenvalue weighted by molar-refractivity contribution is 7.59. The smallest absolute Gasteiger partial charge is 0.410 e. The predicted molar refractivity (Wildman–Crippen MR) is 122 cm³/mol. The lowest BCUT2D eigenvalue weighted by Crippen LogP contribution is -2.57. The number of rotatable bonds is 6. The third kappa shape index (κ3) is 7.56. The fourth-order valence-corrected chi connectivity index (χ4v) is 4.20. The molecule has 2 rings (SSSR count). The molecule has 2 amide bonds. The van der Waals surface area contributed by atoms with Crippen LogP contribution < -0.4 is 0 Å². The molecule has 2 saturated heterocycles. The topological polar surface area (TPSA) is 85.4 Å². The molecule has 2 aliphatic rings. The second-order valence-electron chi connectivity index (χ2n) is 9.21. The average molecular weight is 461 g/mol. The predicted octanol–water partition coefficient (Wildman–Crippen LogP) is 3.10. The van der Waals surface area contributed by atoms with Gasteiger partial charge in [0, 0.05) is 26.3 Å². The monoisotopic (exact) mass is 460 g/mol. The summed E-state index contributed by atoms with van der Waals surface area (Å²) in [5.41, 5.74) is -1.11. The van der Waals surface area contributed by atoms with E-state index < -0.39 is 17.0 Å². The Morgan fingerprint density at radius 1 is 1.16 bits per heavy atom. The molecule has 0 bridgehead atoms. The Hall–Kier alpha value is -1.48. The van der Waals surface area contributed by atoms with Gasteiger partial charge in [0.15, 0.2) is 0 Å². The molecular formula is C22H40N2O6S. The summed E-state index contributed by atoms with van der Waals surface area (Å²) < 4.78 is 16.1. The maximum Gasteiger partial charge on any atom is 0.410 e. The summed E-state index contributed by atoms with van der Waals surface area (Å²) in [5, 5.41) is 0. The first-order valence-corrected chi connectivity index (χ1v) is 11.1. The number of carbonyl (C=O) groups excluding carboxylic acids is 3.